The lowest BCUT2D eigenvalue weighted by molar-refractivity contribution is -0.262. The summed E-state index contributed by atoms with van der Waals surface area (Å²) in [5.74, 6) is -4.46. The molecular formula is C14H14F4O3. The SMILES string of the molecule is COc1c(F)cccc1[C@@H]1C(=O)O[C@@](C)(C(F)(F)F)[C@H]1C. The molecule has 0 N–H and O–H groups in total. The fourth-order valence-electron chi connectivity index (χ4n) is 2.59. The quantitative estimate of drug-likeness (QED) is 0.620. The Hall–Kier alpha value is -1.79. The van der Waals surface area contributed by atoms with Gasteiger partial charge < -0.3 is 9.47 Å². The van der Waals surface area contributed by atoms with Crippen LogP contribution in [-0.2, 0) is 9.53 Å². The van der Waals surface area contributed by atoms with Crippen LogP contribution >= 0.6 is 0 Å². The molecule has 0 spiro atoms. The Kier molecular flexibility index (Phi) is 3.63. The van der Waals surface area contributed by atoms with Gasteiger partial charge in [-0.1, -0.05) is 19.1 Å². The molecule has 3 atom stereocenters. The minimum Gasteiger partial charge on any atom is -0.493 e. The van der Waals surface area contributed by atoms with Crippen molar-refractivity contribution in [1.82, 2.24) is 0 Å². The molecule has 1 saturated heterocycles. The van der Waals surface area contributed by atoms with E-state index in [1.807, 2.05) is 0 Å². The van der Waals surface area contributed by atoms with E-state index in [1.165, 1.54) is 26.2 Å². The predicted octanol–water partition coefficient (Wildman–Crippen LogP) is 3.43. The van der Waals surface area contributed by atoms with E-state index in [-0.39, 0.29) is 11.3 Å². The van der Waals surface area contributed by atoms with Gasteiger partial charge in [-0.25, -0.2) is 4.39 Å². The zero-order valence-electron chi connectivity index (χ0n) is 11.6. The summed E-state index contributed by atoms with van der Waals surface area (Å²) >= 11 is 0. The van der Waals surface area contributed by atoms with Gasteiger partial charge >= 0.3 is 12.1 Å². The maximum absolute atomic E-state index is 13.7. The van der Waals surface area contributed by atoms with Gasteiger partial charge in [-0.2, -0.15) is 13.2 Å². The first-order valence-electron chi connectivity index (χ1n) is 6.25. The zero-order valence-corrected chi connectivity index (χ0v) is 11.6. The molecule has 1 aromatic rings. The first kappa shape index (κ1) is 15.6. The number of para-hydroxylation sites is 1. The van der Waals surface area contributed by atoms with E-state index in [9.17, 15) is 22.4 Å². The third kappa shape index (κ3) is 2.24. The average Bonchev–Trinajstić information content (AvgIpc) is 2.60. The van der Waals surface area contributed by atoms with Gasteiger partial charge in [0.2, 0.25) is 5.60 Å². The highest BCUT2D eigenvalue weighted by molar-refractivity contribution is 5.82. The maximum Gasteiger partial charge on any atom is 0.428 e. The molecular weight excluding hydrogens is 292 g/mol. The van der Waals surface area contributed by atoms with Gasteiger partial charge in [-0.3, -0.25) is 4.79 Å². The summed E-state index contributed by atoms with van der Waals surface area (Å²) in [6.45, 7) is 2.08. The van der Waals surface area contributed by atoms with Crippen molar-refractivity contribution in [2.24, 2.45) is 5.92 Å². The van der Waals surface area contributed by atoms with Gasteiger partial charge in [0.1, 0.15) is 0 Å². The van der Waals surface area contributed by atoms with Crippen LogP contribution in [0, 0.1) is 11.7 Å². The third-order valence-electron chi connectivity index (χ3n) is 4.03. The van der Waals surface area contributed by atoms with Crippen molar-refractivity contribution >= 4 is 5.97 Å². The Labute approximate surface area is 118 Å². The predicted molar refractivity (Wildman–Crippen MR) is 65.4 cm³/mol. The topological polar surface area (TPSA) is 35.5 Å². The lowest BCUT2D eigenvalue weighted by Crippen LogP contribution is -2.46. The molecule has 1 aliphatic heterocycles. The van der Waals surface area contributed by atoms with Crippen LogP contribution in [0.1, 0.15) is 25.3 Å². The molecule has 0 saturated carbocycles. The van der Waals surface area contributed by atoms with Crippen LogP contribution in [0.2, 0.25) is 0 Å². The number of methoxy groups -OCH3 is 1. The smallest absolute Gasteiger partial charge is 0.428 e. The molecule has 7 heteroatoms. The van der Waals surface area contributed by atoms with Crippen molar-refractivity contribution in [3.05, 3.63) is 29.6 Å². The lowest BCUT2D eigenvalue weighted by atomic mass is 9.79. The van der Waals surface area contributed by atoms with Crippen LogP contribution in [0.15, 0.2) is 18.2 Å². The van der Waals surface area contributed by atoms with Gasteiger partial charge in [-0.15, -0.1) is 0 Å². The number of rotatable bonds is 2. The summed E-state index contributed by atoms with van der Waals surface area (Å²) in [6.07, 6.45) is -4.71. The molecule has 1 aromatic carbocycles. The van der Waals surface area contributed by atoms with Crippen molar-refractivity contribution in [3.63, 3.8) is 0 Å². The van der Waals surface area contributed by atoms with E-state index in [0.29, 0.717) is 0 Å². The number of cyclic esters (lactones) is 1. The lowest BCUT2D eigenvalue weighted by Gasteiger charge is -2.30. The van der Waals surface area contributed by atoms with Crippen LogP contribution in [-0.4, -0.2) is 24.9 Å². The van der Waals surface area contributed by atoms with E-state index in [4.69, 9.17) is 4.74 Å². The molecule has 0 amide bonds. The van der Waals surface area contributed by atoms with E-state index in [1.54, 1.807) is 0 Å². The summed E-state index contributed by atoms with van der Waals surface area (Å²) in [6, 6.07) is 3.79. The van der Waals surface area contributed by atoms with Crippen molar-refractivity contribution in [1.29, 1.82) is 0 Å². The molecule has 0 aromatic heterocycles. The highest BCUT2D eigenvalue weighted by Crippen LogP contribution is 2.52. The third-order valence-corrected chi connectivity index (χ3v) is 4.03. The summed E-state index contributed by atoms with van der Waals surface area (Å²) < 4.78 is 62.6. The second-order valence-corrected chi connectivity index (χ2v) is 5.15. The number of ether oxygens (including phenoxy) is 2. The van der Waals surface area contributed by atoms with Crippen LogP contribution in [0.5, 0.6) is 5.75 Å². The van der Waals surface area contributed by atoms with Gasteiger partial charge in [0.25, 0.3) is 0 Å². The normalized spacial score (nSPS) is 29.4. The summed E-state index contributed by atoms with van der Waals surface area (Å²) in [5, 5.41) is 0. The Bertz CT molecular complexity index is 570. The Morgan fingerprint density at radius 1 is 1.33 bits per heavy atom. The molecule has 1 aliphatic rings. The minimum absolute atomic E-state index is 0.0583. The first-order valence-corrected chi connectivity index (χ1v) is 6.25. The fraction of sp³-hybridized carbons (Fsp3) is 0.500. The summed E-state index contributed by atoms with van der Waals surface area (Å²) in [7, 11) is 1.19. The molecule has 2 rings (SSSR count). The van der Waals surface area contributed by atoms with Crippen LogP contribution in [0.3, 0.4) is 0 Å². The molecule has 0 bridgehead atoms. The van der Waals surface area contributed by atoms with Gasteiger partial charge in [0.15, 0.2) is 11.6 Å². The second-order valence-electron chi connectivity index (χ2n) is 5.15. The fourth-order valence-corrected chi connectivity index (χ4v) is 2.59. The number of esters is 1. The molecule has 0 unspecified atom stereocenters. The Morgan fingerprint density at radius 2 is 1.95 bits per heavy atom. The number of carbonyl (C=O) groups excluding carboxylic acids is 1. The highest BCUT2D eigenvalue weighted by Gasteiger charge is 2.65. The second kappa shape index (κ2) is 4.89. The van der Waals surface area contributed by atoms with Crippen LogP contribution in [0.4, 0.5) is 17.6 Å². The number of alkyl halides is 3. The number of halogens is 4. The standard InChI is InChI=1S/C14H14F4O3/c1-7-10(8-5-4-6-9(15)11(8)20-3)12(19)21-13(7,2)14(16,17)18/h4-7,10H,1-3H3/t7-,10+,13+/m0/s1. The van der Waals surface area contributed by atoms with Crippen molar-refractivity contribution in [2.75, 3.05) is 7.11 Å². The van der Waals surface area contributed by atoms with Crippen molar-refractivity contribution in [3.8, 4) is 5.75 Å². The van der Waals surface area contributed by atoms with E-state index in [2.05, 4.69) is 4.74 Å². The van der Waals surface area contributed by atoms with Gasteiger partial charge in [-0.05, 0) is 13.0 Å². The number of carbonyl (C=O) groups is 1. The summed E-state index contributed by atoms with van der Waals surface area (Å²) in [5.41, 5.74) is -2.55. The average molecular weight is 306 g/mol. The molecule has 0 aliphatic carbocycles. The van der Waals surface area contributed by atoms with Crippen molar-refractivity contribution in [2.45, 2.75) is 31.5 Å². The maximum atomic E-state index is 13.7. The minimum atomic E-state index is -4.71. The Balaban J connectivity index is 2.52. The van der Waals surface area contributed by atoms with E-state index < -0.39 is 35.4 Å². The number of hydrogen-bond donors (Lipinski definition) is 0. The van der Waals surface area contributed by atoms with E-state index >= 15 is 0 Å². The molecule has 0 radical (unpaired) electrons. The van der Waals surface area contributed by atoms with E-state index in [0.717, 1.165) is 13.0 Å². The molecule has 116 valence electrons. The van der Waals surface area contributed by atoms with Gasteiger partial charge in [0.05, 0.1) is 13.0 Å². The van der Waals surface area contributed by atoms with Crippen molar-refractivity contribution < 1.29 is 31.8 Å². The summed E-state index contributed by atoms with van der Waals surface area (Å²) in [4.78, 5) is 11.9. The first-order chi connectivity index (χ1) is 9.63. The van der Waals surface area contributed by atoms with Gasteiger partial charge in [0, 0.05) is 11.5 Å². The highest BCUT2D eigenvalue weighted by atomic mass is 19.4. The zero-order chi connectivity index (χ0) is 16.0. The van der Waals surface area contributed by atoms with Crippen LogP contribution in [0.25, 0.3) is 0 Å². The Morgan fingerprint density at radius 3 is 2.43 bits per heavy atom. The largest absolute Gasteiger partial charge is 0.493 e. The number of hydrogen-bond acceptors (Lipinski definition) is 3. The monoisotopic (exact) mass is 306 g/mol. The molecule has 21 heavy (non-hydrogen) atoms. The molecule has 3 nitrogen and oxygen atoms in total. The van der Waals surface area contributed by atoms with Crippen LogP contribution < -0.4 is 4.74 Å². The number of benzene rings is 1. The molecule has 1 heterocycles. The molecule has 1 fully saturated rings.